The van der Waals surface area contributed by atoms with E-state index >= 15 is 0 Å². The number of piperidine rings is 2. The van der Waals surface area contributed by atoms with Crippen LogP contribution in [0.5, 0.6) is 0 Å². The van der Waals surface area contributed by atoms with E-state index in [1.807, 2.05) is 0 Å². The van der Waals surface area contributed by atoms with Crippen molar-refractivity contribution in [1.82, 2.24) is 4.90 Å². The number of hydrogen-bond acceptors (Lipinski definition) is 6. The molecule has 1 spiro atoms. The van der Waals surface area contributed by atoms with Crippen molar-refractivity contribution in [3.8, 4) is 0 Å². The van der Waals surface area contributed by atoms with Crippen LogP contribution in [0, 0.1) is 21.4 Å². The van der Waals surface area contributed by atoms with E-state index in [-0.39, 0.29) is 29.5 Å². The third-order valence-electron chi connectivity index (χ3n) is 8.08. The summed E-state index contributed by atoms with van der Waals surface area (Å²) in [5.41, 5.74) is -2.67. The number of esters is 1. The quantitative estimate of drug-likeness (QED) is 0.318. The van der Waals surface area contributed by atoms with Gasteiger partial charge in [0.2, 0.25) is 0 Å². The Morgan fingerprint density at radius 1 is 1.33 bits per heavy atom. The van der Waals surface area contributed by atoms with Crippen molar-refractivity contribution in [3.05, 3.63) is 39.9 Å². The summed E-state index contributed by atoms with van der Waals surface area (Å²) in [5.74, 6) is -2.02. The predicted octanol–water partition coefficient (Wildman–Crippen LogP) is 3.15. The van der Waals surface area contributed by atoms with E-state index in [1.165, 1.54) is 6.07 Å². The van der Waals surface area contributed by atoms with Crippen molar-refractivity contribution in [1.29, 1.82) is 0 Å². The van der Waals surface area contributed by atoms with Crippen LogP contribution >= 0.6 is 0 Å². The summed E-state index contributed by atoms with van der Waals surface area (Å²) in [7, 11) is 0. The molecule has 1 amide bonds. The van der Waals surface area contributed by atoms with Crippen molar-refractivity contribution < 1.29 is 24.0 Å². The molecule has 5 atom stereocenters. The van der Waals surface area contributed by atoms with Gasteiger partial charge in [0.05, 0.1) is 11.5 Å². The Bertz CT molecular complexity index is 949. The second-order valence-electron chi connectivity index (χ2n) is 8.89. The highest BCUT2D eigenvalue weighted by molar-refractivity contribution is 6.10. The molecule has 3 heterocycles. The molecule has 30 heavy (non-hydrogen) atoms. The molecule has 4 aliphatic rings. The van der Waals surface area contributed by atoms with Gasteiger partial charge in [-0.3, -0.25) is 14.9 Å². The molecule has 1 aromatic carbocycles. The van der Waals surface area contributed by atoms with Crippen LogP contribution in [0.4, 0.5) is 5.69 Å². The van der Waals surface area contributed by atoms with Gasteiger partial charge >= 0.3 is 5.97 Å². The molecule has 2 bridgehead atoms. The summed E-state index contributed by atoms with van der Waals surface area (Å²) in [6.45, 7) is 4.45. The first-order valence-corrected chi connectivity index (χ1v) is 10.8. The number of hydrogen-bond donors (Lipinski definition) is 0. The van der Waals surface area contributed by atoms with Gasteiger partial charge in [-0.05, 0) is 39.0 Å². The van der Waals surface area contributed by atoms with Crippen molar-refractivity contribution in [2.24, 2.45) is 11.3 Å². The number of nitro benzene ring substituents is 1. The summed E-state index contributed by atoms with van der Waals surface area (Å²) in [6.07, 6.45) is 4.26. The molecule has 1 aromatic rings. The van der Waals surface area contributed by atoms with Gasteiger partial charge in [0.15, 0.2) is 5.72 Å². The Morgan fingerprint density at radius 2 is 2.10 bits per heavy atom. The number of carbonyl (C=O) groups is 2. The highest BCUT2D eigenvalue weighted by atomic mass is 16.6. The predicted molar refractivity (Wildman–Crippen MR) is 105 cm³/mol. The molecule has 4 fully saturated rings. The molecule has 3 saturated heterocycles. The molecular formula is C22H26N2O6. The monoisotopic (exact) mass is 414 g/mol. The molecule has 3 aliphatic heterocycles. The minimum Gasteiger partial charge on any atom is -0.463 e. The molecule has 8 nitrogen and oxygen atoms in total. The number of carbonyl (C=O) groups excluding carboxylic acids is 2. The third kappa shape index (κ3) is 1.96. The van der Waals surface area contributed by atoms with Gasteiger partial charge in [0, 0.05) is 35.4 Å². The van der Waals surface area contributed by atoms with Crippen molar-refractivity contribution in [2.45, 2.75) is 63.2 Å². The average Bonchev–Trinajstić information content (AvgIpc) is 3.32. The summed E-state index contributed by atoms with van der Waals surface area (Å²) < 4.78 is 12.0. The van der Waals surface area contributed by atoms with Crippen molar-refractivity contribution >= 4 is 17.6 Å². The highest BCUT2D eigenvalue weighted by Gasteiger charge is 2.86. The van der Waals surface area contributed by atoms with E-state index in [0.29, 0.717) is 12.1 Å². The molecule has 8 heteroatoms. The van der Waals surface area contributed by atoms with Crippen LogP contribution in [0.15, 0.2) is 24.3 Å². The first-order valence-electron chi connectivity index (χ1n) is 10.8. The number of benzene rings is 1. The molecule has 0 N–H and O–H groups in total. The van der Waals surface area contributed by atoms with Crippen LogP contribution in [0.25, 0.3) is 0 Å². The fourth-order valence-electron chi connectivity index (χ4n) is 7.04. The van der Waals surface area contributed by atoms with E-state index in [4.69, 9.17) is 9.47 Å². The maximum atomic E-state index is 13.8. The van der Waals surface area contributed by atoms with Crippen LogP contribution in [0.1, 0.15) is 57.4 Å². The Kier molecular flexibility index (Phi) is 4.07. The van der Waals surface area contributed by atoms with Crippen LogP contribution in [-0.4, -0.2) is 46.2 Å². The SMILES string of the molecule is CCOC(=O)[C@]12O[C@]34C(CC[C@@]3(CC)CCCN4C1=O)[C@H]2c1ccccc1[N+](=O)[O-]. The summed E-state index contributed by atoms with van der Waals surface area (Å²) in [4.78, 5) is 40.3. The summed E-state index contributed by atoms with van der Waals surface area (Å²) >= 11 is 0. The lowest BCUT2D eigenvalue weighted by Crippen LogP contribution is -2.65. The van der Waals surface area contributed by atoms with E-state index < -0.39 is 28.1 Å². The fourth-order valence-corrected chi connectivity index (χ4v) is 7.04. The maximum absolute atomic E-state index is 13.8. The van der Waals surface area contributed by atoms with Gasteiger partial charge in [-0.15, -0.1) is 0 Å². The molecule has 0 radical (unpaired) electrons. The number of nitrogens with zero attached hydrogens (tertiary/aromatic N) is 2. The Balaban J connectivity index is 1.77. The smallest absolute Gasteiger partial charge is 0.349 e. The number of nitro groups is 1. The van der Waals surface area contributed by atoms with Gasteiger partial charge in [0.25, 0.3) is 17.2 Å². The summed E-state index contributed by atoms with van der Waals surface area (Å²) in [6, 6.07) is 6.42. The lowest BCUT2D eigenvalue weighted by molar-refractivity contribution is -0.385. The first-order chi connectivity index (χ1) is 14.4. The molecule has 5 rings (SSSR count). The van der Waals surface area contributed by atoms with Crippen molar-refractivity contribution in [3.63, 3.8) is 0 Å². The number of amides is 1. The molecule has 1 saturated carbocycles. The molecular weight excluding hydrogens is 388 g/mol. The van der Waals surface area contributed by atoms with Crippen LogP contribution in [0.3, 0.4) is 0 Å². The molecule has 160 valence electrons. The summed E-state index contributed by atoms with van der Waals surface area (Å²) in [5, 5.41) is 11.8. The number of fused-ring (bicyclic) bond motifs is 1. The lowest BCUT2D eigenvalue weighted by Gasteiger charge is -2.53. The first kappa shape index (κ1) is 19.5. The topological polar surface area (TPSA) is 99.0 Å². The fraction of sp³-hybridized carbons (Fsp3) is 0.636. The van der Waals surface area contributed by atoms with Gasteiger partial charge in [-0.25, -0.2) is 4.79 Å². The van der Waals surface area contributed by atoms with E-state index in [9.17, 15) is 19.7 Å². The zero-order valence-electron chi connectivity index (χ0n) is 17.3. The molecule has 1 aliphatic carbocycles. The van der Waals surface area contributed by atoms with Crippen molar-refractivity contribution in [2.75, 3.05) is 13.2 Å². The third-order valence-corrected chi connectivity index (χ3v) is 8.08. The van der Waals surface area contributed by atoms with E-state index in [2.05, 4.69) is 6.92 Å². The minimum atomic E-state index is -1.85. The van der Waals surface area contributed by atoms with Gasteiger partial charge < -0.3 is 14.4 Å². The van der Waals surface area contributed by atoms with Gasteiger partial charge in [0.1, 0.15) is 0 Å². The minimum absolute atomic E-state index is 0.0807. The van der Waals surface area contributed by atoms with Gasteiger partial charge in [-0.1, -0.05) is 25.1 Å². The zero-order valence-corrected chi connectivity index (χ0v) is 17.3. The Hall–Kier alpha value is -2.48. The van der Waals surface area contributed by atoms with Crippen LogP contribution in [0.2, 0.25) is 0 Å². The standard InChI is InChI=1S/C22H26N2O6/c1-3-20-11-7-13-23-18(25)21(19(26)29-4-2)17(15(10-12-20)22(20,23)30-21)14-8-5-6-9-16(14)24(27)28/h5-6,8-9,15,17H,3-4,7,10-13H2,1-2H3/t15?,17-,20-,21-,22-/m1/s1. The zero-order chi connectivity index (χ0) is 21.3. The second kappa shape index (κ2) is 6.26. The number of rotatable bonds is 5. The molecule has 0 aromatic heterocycles. The highest BCUT2D eigenvalue weighted by Crippen LogP contribution is 2.74. The van der Waals surface area contributed by atoms with Gasteiger partial charge in [-0.2, -0.15) is 0 Å². The lowest BCUT2D eigenvalue weighted by atomic mass is 9.63. The maximum Gasteiger partial charge on any atom is 0.349 e. The average molecular weight is 414 g/mol. The number of para-hydroxylation sites is 1. The second-order valence-corrected chi connectivity index (χ2v) is 8.89. The van der Waals surface area contributed by atoms with Crippen LogP contribution < -0.4 is 0 Å². The largest absolute Gasteiger partial charge is 0.463 e. The number of ether oxygens (including phenoxy) is 2. The molecule has 1 unspecified atom stereocenters. The van der Waals surface area contributed by atoms with E-state index in [1.54, 1.807) is 30.0 Å². The van der Waals surface area contributed by atoms with E-state index in [0.717, 1.165) is 32.1 Å². The van der Waals surface area contributed by atoms with Crippen LogP contribution in [-0.2, 0) is 19.1 Å². The normalized spacial score (nSPS) is 38.6. The Morgan fingerprint density at radius 3 is 2.80 bits per heavy atom. The Labute approximate surface area is 174 Å².